The molecule has 2 heterocycles. The SMILES string of the molecule is COC(=O)[C@H]1Cc2c([nH]c3ccccc23)[C@@H](c2cccc(OC)c2OC)N1. The van der Waals surface area contributed by atoms with Crippen LogP contribution in [-0.2, 0) is 16.0 Å². The minimum atomic E-state index is -0.442. The summed E-state index contributed by atoms with van der Waals surface area (Å²) in [4.78, 5) is 15.9. The second-order valence-corrected chi connectivity index (χ2v) is 6.53. The molecular formula is C21H22N2O4. The summed E-state index contributed by atoms with van der Waals surface area (Å²) in [6, 6.07) is 13.2. The number of rotatable bonds is 4. The number of carbonyl (C=O) groups excluding carboxylic acids is 1. The number of aromatic amines is 1. The summed E-state index contributed by atoms with van der Waals surface area (Å²) < 4.78 is 16.1. The summed E-state index contributed by atoms with van der Waals surface area (Å²) in [5.74, 6) is 1.01. The molecule has 1 aliphatic heterocycles. The third kappa shape index (κ3) is 2.82. The van der Waals surface area contributed by atoms with Gasteiger partial charge in [0.05, 0.1) is 27.4 Å². The summed E-state index contributed by atoms with van der Waals surface area (Å²) in [6.07, 6.45) is 0.564. The van der Waals surface area contributed by atoms with Crippen LogP contribution >= 0.6 is 0 Å². The Morgan fingerprint density at radius 1 is 1.04 bits per heavy atom. The van der Waals surface area contributed by atoms with Gasteiger partial charge in [0, 0.05) is 28.6 Å². The van der Waals surface area contributed by atoms with Crippen LogP contribution in [0.25, 0.3) is 10.9 Å². The Kier molecular flexibility index (Phi) is 4.49. The number of benzene rings is 2. The number of nitrogens with one attached hydrogen (secondary N) is 2. The number of para-hydroxylation sites is 2. The lowest BCUT2D eigenvalue weighted by atomic mass is 9.90. The summed E-state index contributed by atoms with van der Waals surface area (Å²) in [5, 5.41) is 4.54. The van der Waals surface area contributed by atoms with Crippen molar-refractivity contribution in [1.29, 1.82) is 0 Å². The van der Waals surface area contributed by atoms with E-state index in [2.05, 4.69) is 16.4 Å². The standard InChI is InChI=1S/C21H22N2O4/c1-25-17-10-6-8-13(20(17)26-2)18-19-14(11-16(23-18)21(24)27-3)12-7-4-5-9-15(12)22-19/h4-10,16,18,22-23H,11H2,1-3H3/t16-,18-/m1/s1. The molecule has 6 heteroatoms. The van der Waals surface area contributed by atoms with Crippen molar-refractivity contribution in [3.05, 3.63) is 59.3 Å². The van der Waals surface area contributed by atoms with E-state index in [-0.39, 0.29) is 12.0 Å². The first kappa shape index (κ1) is 17.4. The smallest absolute Gasteiger partial charge is 0.323 e. The molecule has 0 saturated heterocycles. The normalized spacial score (nSPS) is 18.8. The number of esters is 1. The monoisotopic (exact) mass is 366 g/mol. The Bertz CT molecular complexity index is 995. The number of fused-ring (bicyclic) bond motifs is 3. The Morgan fingerprint density at radius 3 is 2.59 bits per heavy atom. The first-order valence-electron chi connectivity index (χ1n) is 8.82. The number of hydrogen-bond acceptors (Lipinski definition) is 5. The van der Waals surface area contributed by atoms with Crippen LogP contribution in [0.2, 0.25) is 0 Å². The highest BCUT2D eigenvalue weighted by Crippen LogP contribution is 2.41. The molecule has 6 nitrogen and oxygen atoms in total. The zero-order chi connectivity index (χ0) is 19.0. The van der Waals surface area contributed by atoms with Crippen molar-refractivity contribution >= 4 is 16.9 Å². The van der Waals surface area contributed by atoms with E-state index in [1.165, 1.54) is 7.11 Å². The van der Waals surface area contributed by atoms with Crippen LogP contribution in [0.15, 0.2) is 42.5 Å². The molecule has 0 bridgehead atoms. The van der Waals surface area contributed by atoms with E-state index in [9.17, 15) is 4.79 Å². The van der Waals surface area contributed by atoms with E-state index in [0.717, 1.165) is 27.7 Å². The summed E-state index contributed by atoms with van der Waals surface area (Å²) in [5.41, 5.74) is 4.09. The fraction of sp³-hybridized carbons (Fsp3) is 0.286. The first-order chi connectivity index (χ1) is 13.2. The van der Waals surface area contributed by atoms with Crippen LogP contribution in [-0.4, -0.2) is 38.3 Å². The molecule has 0 amide bonds. The molecule has 2 aromatic carbocycles. The summed E-state index contributed by atoms with van der Waals surface area (Å²) in [7, 11) is 4.64. The molecule has 0 spiro atoms. The predicted octanol–water partition coefficient (Wildman–Crippen LogP) is 2.96. The average Bonchev–Trinajstić information content (AvgIpc) is 3.10. The molecule has 0 fully saturated rings. The number of ether oxygens (including phenoxy) is 3. The minimum absolute atomic E-state index is 0.254. The number of carbonyl (C=O) groups is 1. The minimum Gasteiger partial charge on any atom is -0.493 e. The zero-order valence-electron chi connectivity index (χ0n) is 15.5. The molecule has 4 rings (SSSR count). The maximum Gasteiger partial charge on any atom is 0.323 e. The number of aromatic nitrogens is 1. The molecule has 140 valence electrons. The van der Waals surface area contributed by atoms with E-state index in [1.807, 2.05) is 36.4 Å². The van der Waals surface area contributed by atoms with Gasteiger partial charge in [-0.2, -0.15) is 0 Å². The van der Waals surface area contributed by atoms with Gasteiger partial charge in [-0.25, -0.2) is 0 Å². The Morgan fingerprint density at radius 2 is 1.85 bits per heavy atom. The van der Waals surface area contributed by atoms with Gasteiger partial charge in [-0.1, -0.05) is 30.3 Å². The summed E-state index contributed by atoms with van der Waals surface area (Å²) >= 11 is 0. The third-order valence-electron chi connectivity index (χ3n) is 5.14. The molecule has 1 aliphatic rings. The van der Waals surface area contributed by atoms with Crippen LogP contribution in [0.1, 0.15) is 22.9 Å². The van der Waals surface area contributed by atoms with Crippen LogP contribution in [0.3, 0.4) is 0 Å². The van der Waals surface area contributed by atoms with Crippen molar-refractivity contribution in [2.24, 2.45) is 0 Å². The van der Waals surface area contributed by atoms with Crippen molar-refractivity contribution in [2.45, 2.75) is 18.5 Å². The van der Waals surface area contributed by atoms with Crippen molar-refractivity contribution < 1.29 is 19.0 Å². The van der Waals surface area contributed by atoms with E-state index in [4.69, 9.17) is 14.2 Å². The molecule has 1 aromatic heterocycles. The molecule has 3 aromatic rings. The number of hydrogen-bond donors (Lipinski definition) is 2. The quantitative estimate of drug-likeness (QED) is 0.695. The van der Waals surface area contributed by atoms with Crippen molar-refractivity contribution in [3.8, 4) is 11.5 Å². The van der Waals surface area contributed by atoms with E-state index < -0.39 is 6.04 Å². The van der Waals surface area contributed by atoms with Crippen LogP contribution in [0, 0.1) is 0 Å². The maximum atomic E-state index is 12.3. The third-order valence-corrected chi connectivity index (χ3v) is 5.14. The Balaban J connectivity index is 1.92. The van der Waals surface area contributed by atoms with Crippen LogP contribution in [0.5, 0.6) is 11.5 Å². The van der Waals surface area contributed by atoms with Gasteiger partial charge in [0.2, 0.25) is 0 Å². The summed E-state index contributed by atoms with van der Waals surface area (Å²) in [6.45, 7) is 0. The average molecular weight is 366 g/mol. The Labute approximate surface area is 157 Å². The fourth-order valence-corrected chi connectivity index (χ4v) is 3.91. The largest absolute Gasteiger partial charge is 0.493 e. The van der Waals surface area contributed by atoms with Gasteiger partial charge in [-0.15, -0.1) is 0 Å². The van der Waals surface area contributed by atoms with Crippen molar-refractivity contribution in [3.63, 3.8) is 0 Å². The zero-order valence-corrected chi connectivity index (χ0v) is 15.5. The predicted molar refractivity (Wildman–Crippen MR) is 102 cm³/mol. The molecule has 0 saturated carbocycles. The topological polar surface area (TPSA) is 72.6 Å². The van der Waals surface area contributed by atoms with Crippen LogP contribution in [0.4, 0.5) is 0 Å². The number of H-pyrrole nitrogens is 1. The van der Waals surface area contributed by atoms with Gasteiger partial charge in [0.1, 0.15) is 6.04 Å². The second kappa shape index (κ2) is 6.96. The van der Waals surface area contributed by atoms with Crippen molar-refractivity contribution in [2.75, 3.05) is 21.3 Å². The second-order valence-electron chi connectivity index (χ2n) is 6.53. The molecule has 27 heavy (non-hydrogen) atoms. The van der Waals surface area contributed by atoms with Crippen LogP contribution < -0.4 is 14.8 Å². The maximum absolute atomic E-state index is 12.3. The lowest BCUT2D eigenvalue weighted by molar-refractivity contribution is -0.143. The van der Waals surface area contributed by atoms with Crippen molar-refractivity contribution in [1.82, 2.24) is 10.3 Å². The van der Waals surface area contributed by atoms with Gasteiger partial charge >= 0.3 is 5.97 Å². The first-order valence-corrected chi connectivity index (χ1v) is 8.82. The van der Waals surface area contributed by atoms with Gasteiger partial charge < -0.3 is 19.2 Å². The molecule has 0 unspecified atom stereocenters. The highest BCUT2D eigenvalue weighted by Gasteiger charge is 2.36. The van der Waals surface area contributed by atoms with Gasteiger partial charge in [-0.05, 0) is 17.7 Å². The molecule has 2 N–H and O–H groups in total. The highest BCUT2D eigenvalue weighted by atomic mass is 16.5. The fourth-order valence-electron chi connectivity index (χ4n) is 3.91. The van der Waals surface area contributed by atoms with E-state index >= 15 is 0 Å². The Hall–Kier alpha value is -2.99. The lowest BCUT2D eigenvalue weighted by Gasteiger charge is -2.31. The number of methoxy groups -OCH3 is 3. The molecule has 2 atom stereocenters. The van der Waals surface area contributed by atoms with Gasteiger partial charge in [-0.3, -0.25) is 10.1 Å². The highest BCUT2D eigenvalue weighted by molar-refractivity contribution is 5.87. The van der Waals surface area contributed by atoms with Gasteiger partial charge in [0.15, 0.2) is 11.5 Å². The lowest BCUT2D eigenvalue weighted by Crippen LogP contribution is -2.45. The molecule has 0 aliphatic carbocycles. The molecular weight excluding hydrogens is 344 g/mol. The molecule has 0 radical (unpaired) electrons. The van der Waals surface area contributed by atoms with E-state index in [0.29, 0.717) is 17.9 Å². The van der Waals surface area contributed by atoms with E-state index in [1.54, 1.807) is 14.2 Å². The van der Waals surface area contributed by atoms with Gasteiger partial charge in [0.25, 0.3) is 0 Å².